The van der Waals surface area contributed by atoms with Crippen molar-refractivity contribution in [3.63, 3.8) is 0 Å². The van der Waals surface area contributed by atoms with Crippen LogP contribution in [0.15, 0.2) is 18.5 Å². The molecule has 0 spiro atoms. The average Bonchev–Trinajstić information content (AvgIpc) is 2.42. The number of ether oxygens (including phenoxy) is 1. The quantitative estimate of drug-likeness (QED) is 0.551. The Balaban J connectivity index is 2.84. The van der Waals surface area contributed by atoms with Crippen molar-refractivity contribution in [1.82, 2.24) is 10.4 Å². The summed E-state index contributed by atoms with van der Waals surface area (Å²) in [6.07, 6.45) is 6.79. The summed E-state index contributed by atoms with van der Waals surface area (Å²) in [5.74, 6) is 7.02. The van der Waals surface area contributed by atoms with Gasteiger partial charge in [0, 0.05) is 6.20 Å². The Morgan fingerprint density at radius 3 is 2.56 bits per heavy atom. The molecule has 1 aromatic rings. The molecule has 4 heteroatoms. The first-order chi connectivity index (χ1) is 8.76. The number of pyridine rings is 1. The third kappa shape index (κ3) is 3.96. The molecule has 0 amide bonds. The van der Waals surface area contributed by atoms with Crippen LogP contribution in [0.1, 0.15) is 51.6 Å². The smallest absolute Gasteiger partial charge is 0.137 e. The van der Waals surface area contributed by atoms with Crippen LogP contribution < -0.4 is 16.0 Å². The maximum Gasteiger partial charge on any atom is 0.137 e. The van der Waals surface area contributed by atoms with Gasteiger partial charge in [0.2, 0.25) is 0 Å². The van der Waals surface area contributed by atoms with Crippen LogP contribution in [0.25, 0.3) is 0 Å². The molecule has 0 radical (unpaired) electrons. The second kappa shape index (κ2) is 8.06. The van der Waals surface area contributed by atoms with Crippen molar-refractivity contribution in [2.45, 2.75) is 46.1 Å². The van der Waals surface area contributed by atoms with Gasteiger partial charge in [-0.1, -0.05) is 33.6 Å². The van der Waals surface area contributed by atoms with E-state index in [9.17, 15) is 0 Å². The van der Waals surface area contributed by atoms with E-state index in [-0.39, 0.29) is 6.04 Å². The first-order valence-corrected chi connectivity index (χ1v) is 6.80. The zero-order valence-electron chi connectivity index (χ0n) is 11.6. The summed E-state index contributed by atoms with van der Waals surface area (Å²) in [5, 5.41) is 0. The maximum absolute atomic E-state index is 5.69. The molecule has 0 aromatic carbocycles. The van der Waals surface area contributed by atoms with Crippen LogP contribution in [-0.4, -0.2) is 11.6 Å². The molecular weight excluding hydrogens is 226 g/mol. The molecule has 0 bridgehead atoms. The third-order valence-electron chi connectivity index (χ3n) is 3.27. The van der Waals surface area contributed by atoms with Crippen molar-refractivity contribution in [3.05, 3.63) is 24.0 Å². The topological polar surface area (TPSA) is 60.2 Å². The fourth-order valence-electron chi connectivity index (χ4n) is 2.17. The first-order valence-electron chi connectivity index (χ1n) is 6.80. The Morgan fingerprint density at radius 2 is 2.00 bits per heavy atom. The Labute approximate surface area is 110 Å². The summed E-state index contributed by atoms with van der Waals surface area (Å²) >= 11 is 0. The van der Waals surface area contributed by atoms with Gasteiger partial charge < -0.3 is 4.74 Å². The van der Waals surface area contributed by atoms with Gasteiger partial charge in [0.05, 0.1) is 18.8 Å². The van der Waals surface area contributed by atoms with Gasteiger partial charge in [0.25, 0.3) is 0 Å². The highest BCUT2D eigenvalue weighted by Crippen LogP contribution is 2.28. The normalized spacial score (nSPS) is 12.7. The fraction of sp³-hybridized carbons (Fsp3) is 0.643. The van der Waals surface area contributed by atoms with E-state index in [2.05, 4.69) is 31.2 Å². The lowest BCUT2D eigenvalue weighted by molar-refractivity contribution is 0.312. The van der Waals surface area contributed by atoms with Gasteiger partial charge in [-0.05, 0) is 24.0 Å². The van der Waals surface area contributed by atoms with E-state index >= 15 is 0 Å². The molecule has 1 atom stereocenters. The summed E-state index contributed by atoms with van der Waals surface area (Å²) in [6.45, 7) is 7.18. The molecule has 1 unspecified atom stereocenters. The van der Waals surface area contributed by atoms with Crippen LogP contribution in [-0.2, 0) is 0 Å². The molecule has 102 valence electrons. The van der Waals surface area contributed by atoms with Gasteiger partial charge >= 0.3 is 0 Å². The van der Waals surface area contributed by atoms with Crippen molar-refractivity contribution in [3.8, 4) is 5.75 Å². The van der Waals surface area contributed by atoms with Crippen molar-refractivity contribution in [2.75, 3.05) is 6.61 Å². The molecule has 1 rings (SSSR count). The lowest BCUT2D eigenvalue weighted by Gasteiger charge is -2.24. The molecule has 0 fully saturated rings. The molecule has 0 aliphatic heterocycles. The van der Waals surface area contributed by atoms with E-state index in [1.807, 2.05) is 12.3 Å². The molecule has 4 nitrogen and oxygen atoms in total. The van der Waals surface area contributed by atoms with Crippen molar-refractivity contribution in [1.29, 1.82) is 0 Å². The number of rotatable bonds is 8. The van der Waals surface area contributed by atoms with Crippen LogP contribution in [0.4, 0.5) is 0 Å². The predicted molar refractivity (Wildman–Crippen MR) is 74.2 cm³/mol. The predicted octanol–water partition coefficient (Wildman–Crippen LogP) is 2.81. The Hall–Kier alpha value is -1.13. The molecule has 0 aliphatic carbocycles. The van der Waals surface area contributed by atoms with Gasteiger partial charge in [-0.3, -0.25) is 16.3 Å². The standard InChI is InChI=1S/C14H25N3O/c1-4-7-18-13-8-12(9-16-10-13)14(17-15)11(5-2)6-3/h8-11,14,17H,4-7,15H2,1-3H3. The average molecular weight is 251 g/mol. The van der Waals surface area contributed by atoms with E-state index in [4.69, 9.17) is 10.6 Å². The van der Waals surface area contributed by atoms with Gasteiger partial charge in [-0.15, -0.1) is 0 Å². The zero-order valence-corrected chi connectivity index (χ0v) is 11.6. The van der Waals surface area contributed by atoms with E-state index < -0.39 is 0 Å². The fourth-order valence-corrected chi connectivity index (χ4v) is 2.17. The lowest BCUT2D eigenvalue weighted by atomic mass is 9.90. The van der Waals surface area contributed by atoms with Gasteiger partial charge in [-0.25, -0.2) is 0 Å². The maximum atomic E-state index is 5.69. The highest BCUT2D eigenvalue weighted by Gasteiger charge is 2.19. The molecule has 0 aliphatic rings. The van der Waals surface area contributed by atoms with Crippen molar-refractivity contribution < 1.29 is 4.74 Å². The van der Waals surface area contributed by atoms with Crippen molar-refractivity contribution >= 4 is 0 Å². The number of hydrogen-bond donors (Lipinski definition) is 2. The Morgan fingerprint density at radius 1 is 1.28 bits per heavy atom. The van der Waals surface area contributed by atoms with Crippen LogP contribution in [0.3, 0.4) is 0 Å². The molecule has 1 heterocycles. The van der Waals surface area contributed by atoms with E-state index in [0.717, 1.165) is 37.2 Å². The lowest BCUT2D eigenvalue weighted by Crippen LogP contribution is -2.33. The summed E-state index contributed by atoms with van der Waals surface area (Å²) in [4.78, 5) is 4.24. The number of aromatic nitrogens is 1. The van der Waals surface area contributed by atoms with Crippen molar-refractivity contribution in [2.24, 2.45) is 11.8 Å². The number of nitrogens with two attached hydrogens (primary N) is 1. The minimum atomic E-state index is 0.137. The Bertz CT molecular complexity index is 340. The second-order valence-electron chi connectivity index (χ2n) is 4.52. The number of hydrogen-bond acceptors (Lipinski definition) is 4. The summed E-state index contributed by atoms with van der Waals surface area (Å²) in [7, 11) is 0. The molecule has 0 saturated heterocycles. The molecule has 3 N–H and O–H groups in total. The summed E-state index contributed by atoms with van der Waals surface area (Å²) in [5.41, 5.74) is 4.01. The monoisotopic (exact) mass is 251 g/mol. The summed E-state index contributed by atoms with van der Waals surface area (Å²) in [6, 6.07) is 2.17. The first kappa shape index (κ1) is 14.9. The minimum absolute atomic E-state index is 0.137. The van der Waals surface area contributed by atoms with Crippen LogP contribution in [0, 0.1) is 5.92 Å². The van der Waals surface area contributed by atoms with Gasteiger partial charge in [-0.2, -0.15) is 0 Å². The molecule has 1 aromatic heterocycles. The van der Waals surface area contributed by atoms with E-state index in [1.54, 1.807) is 6.20 Å². The van der Waals surface area contributed by atoms with E-state index in [0.29, 0.717) is 5.92 Å². The number of nitrogens with one attached hydrogen (secondary N) is 1. The second-order valence-corrected chi connectivity index (χ2v) is 4.52. The number of nitrogens with zero attached hydrogens (tertiary/aromatic N) is 1. The van der Waals surface area contributed by atoms with Crippen LogP contribution in [0.2, 0.25) is 0 Å². The largest absolute Gasteiger partial charge is 0.492 e. The molecule has 0 saturated carbocycles. The molecule has 18 heavy (non-hydrogen) atoms. The van der Waals surface area contributed by atoms with Gasteiger partial charge in [0.1, 0.15) is 5.75 Å². The van der Waals surface area contributed by atoms with Crippen LogP contribution in [0.5, 0.6) is 5.75 Å². The third-order valence-corrected chi connectivity index (χ3v) is 3.27. The summed E-state index contributed by atoms with van der Waals surface area (Å²) < 4.78 is 5.61. The SMILES string of the molecule is CCCOc1cncc(C(NN)C(CC)CC)c1. The number of hydrazine groups is 1. The van der Waals surface area contributed by atoms with E-state index in [1.165, 1.54) is 0 Å². The Kier molecular flexibility index (Phi) is 6.68. The zero-order chi connectivity index (χ0) is 13.4. The van der Waals surface area contributed by atoms with Crippen LogP contribution >= 0.6 is 0 Å². The highest BCUT2D eigenvalue weighted by atomic mass is 16.5. The van der Waals surface area contributed by atoms with Gasteiger partial charge in [0.15, 0.2) is 0 Å². The molecular formula is C14H25N3O. The minimum Gasteiger partial charge on any atom is -0.492 e. The highest BCUT2D eigenvalue weighted by molar-refractivity contribution is 5.26.